The summed E-state index contributed by atoms with van der Waals surface area (Å²) in [5.74, 6) is -1.97. The van der Waals surface area contributed by atoms with E-state index in [0.717, 1.165) is 6.07 Å². The van der Waals surface area contributed by atoms with Gasteiger partial charge in [-0.15, -0.1) is 0 Å². The lowest BCUT2D eigenvalue weighted by Crippen LogP contribution is -2.22. The molecule has 0 saturated carbocycles. The van der Waals surface area contributed by atoms with Gasteiger partial charge in [-0.2, -0.15) is 13.2 Å². The molecular formula is C18H11ClF3NO4. The summed E-state index contributed by atoms with van der Waals surface area (Å²) in [4.78, 5) is 23.8. The maximum absolute atomic E-state index is 13.0. The molecule has 0 radical (unpaired) electrons. The van der Waals surface area contributed by atoms with E-state index in [0.29, 0.717) is 17.0 Å². The van der Waals surface area contributed by atoms with E-state index in [1.165, 1.54) is 12.1 Å². The van der Waals surface area contributed by atoms with Crippen LogP contribution < -0.4 is 5.32 Å². The molecule has 1 aromatic heterocycles. The fraction of sp³-hybridized carbons (Fsp3) is 0.111. The van der Waals surface area contributed by atoms with E-state index >= 15 is 0 Å². The van der Waals surface area contributed by atoms with E-state index in [1.807, 2.05) is 0 Å². The van der Waals surface area contributed by atoms with E-state index in [9.17, 15) is 22.8 Å². The maximum Gasteiger partial charge on any atom is 0.418 e. The number of fused-ring (bicyclic) bond motifs is 1. The van der Waals surface area contributed by atoms with Gasteiger partial charge in [0.05, 0.1) is 11.3 Å². The number of hydrogen-bond acceptors (Lipinski definition) is 4. The van der Waals surface area contributed by atoms with Crippen molar-refractivity contribution in [2.45, 2.75) is 6.18 Å². The van der Waals surface area contributed by atoms with Crippen LogP contribution in [0.5, 0.6) is 0 Å². The van der Waals surface area contributed by atoms with Gasteiger partial charge < -0.3 is 14.5 Å². The number of carbonyl (C=O) groups is 2. The second-order valence-corrected chi connectivity index (χ2v) is 5.90. The number of hydrogen-bond donors (Lipinski definition) is 1. The number of ether oxygens (including phenoxy) is 1. The van der Waals surface area contributed by atoms with Crippen LogP contribution in [0.2, 0.25) is 5.02 Å². The van der Waals surface area contributed by atoms with Crippen molar-refractivity contribution >= 4 is 40.1 Å². The molecule has 0 spiro atoms. The van der Waals surface area contributed by atoms with Gasteiger partial charge in [-0.1, -0.05) is 29.8 Å². The van der Waals surface area contributed by atoms with Gasteiger partial charge in [-0.25, -0.2) is 4.79 Å². The van der Waals surface area contributed by atoms with Gasteiger partial charge >= 0.3 is 12.1 Å². The lowest BCUT2D eigenvalue weighted by molar-refractivity contribution is -0.137. The van der Waals surface area contributed by atoms with Gasteiger partial charge in [0, 0.05) is 10.4 Å². The van der Waals surface area contributed by atoms with Gasteiger partial charge in [-0.05, 0) is 30.3 Å². The molecule has 9 heteroatoms. The number of anilines is 1. The summed E-state index contributed by atoms with van der Waals surface area (Å²) < 4.78 is 49.1. The number of halogens is 4. The molecule has 0 aliphatic heterocycles. The van der Waals surface area contributed by atoms with Gasteiger partial charge in [0.15, 0.2) is 6.61 Å². The van der Waals surface area contributed by atoms with Crippen molar-refractivity contribution in [3.63, 3.8) is 0 Å². The Bertz CT molecular complexity index is 980. The number of rotatable bonds is 4. The molecule has 140 valence electrons. The van der Waals surface area contributed by atoms with Crippen molar-refractivity contribution in [2.75, 3.05) is 11.9 Å². The molecule has 5 nitrogen and oxygen atoms in total. The first-order valence-electron chi connectivity index (χ1n) is 7.56. The molecule has 3 rings (SSSR count). The monoisotopic (exact) mass is 397 g/mol. The van der Waals surface area contributed by atoms with E-state index in [4.69, 9.17) is 20.8 Å². The molecule has 0 fully saturated rings. The van der Waals surface area contributed by atoms with E-state index in [-0.39, 0.29) is 10.8 Å². The van der Waals surface area contributed by atoms with Crippen LogP contribution in [-0.4, -0.2) is 18.5 Å². The Balaban J connectivity index is 1.65. The van der Waals surface area contributed by atoms with Crippen LogP contribution in [0.3, 0.4) is 0 Å². The third-order valence-corrected chi connectivity index (χ3v) is 3.76. The quantitative estimate of drug-likeness (QED) is 0.636. The molecule has 0 atom stereocenters. The Labute approximate surface area is 155 Å². The standard InChI is InChI=1S/C18H11ClF3NO4/c19-11-5-6-13(12(8-11)18(20,21)22)23-16(24)9-26-17(25)15-7-10-3-1-2-4-14(10)27-15/h1-8H,9H2,(H,23,24). The fourth-order valence-electron chi connectivity index (χ4n) is 2.33. The van der Waals surface area contributed by atoms with E-state index < -0.39 is 35.9 Å². The fourth-order valence-corrected chi connectivity index (χ4v) is 2.50. The minimum atomic E-state index is -4.71. The molecule has 1 amide bonds. The summed E-state index contributed by atoms with van der Waals surface area (Å²) in [6.45, 7) is -0.782. The van der Waals surface area contributed by atoms with Crippen molar-refractivity contribution < 1.29 is 31.9 Å². The number of furan rings is 1. The summed E-state index contributed by atoms with van der Waals surface area (Å²) >= 11 is 5.57. The maximum atomic E-state index is 13.0. The Morgan fingerprint density at radius 2 is 1.85 bits per heavy atom. The average molecular weight is 398 g/mol. The molecule has 0 unspecified atom stereocenters. The first-order valence-corrected chi connectivity index (χ1v) is 7.94. The third-order valence-electron chi connectivity index (χ3n) is 3.52. The molecule has 1 heterocycles. The van der Waals surface area contributed by atoms with Gasteiger partial charge in [0.25, 0.3) is 5.91 Å². The lowest BCUT2D eigenvalue weighted by atomic mass is 10.1. The summed E-state index contributed by atoms with van der Waals surface area (Å²) in [5, 5.41) is 2.60. The molecular weight excluding hydrogens is 387 g/mol. The molecule has 0 aliphatic rings. The van der Waals surface area contributed by atoms with Crippen molar-refractivity contribution in [2.24, 2.45) is 0 Å². The van der Waals surface area contributed by atoms with Crippen LogP contribution in [0.25, 0.3) is 11.0 Å². The predicted octanol–water partition coefficient (Wildman–Crippen LogP) is 4.90. The molecule has 0 aliphatic carbocycles. The number of alkyl halides is 3. The van der Waals surface area contributed by atoms with Gasteiger partial charge in [-0.3, -0.25) is 4.79 Å². The highest BCUT2D eigenvalue weighted by Gasteiger charge is 2.34. The summed E-state index contributed by atoms with van der Waals surface area (Å²) in [6, 6.07) is 11.2. The van der Waals surface area contributed by atoms with Crippen molar-refractivity contribution in [1.82, 2.24) is 0 Å². The van der Waals surface area contributed by atoms with E-state index in [1.54, 1.807) is 24.3 Å². The van der Waals surface area contributed by atoms with Crippen LogP contribution >= 0.6 is 11.6 Å². The zero-order valence-corrected chi connectivity index (χ0v) is 14.2. The van der Waals surface area contributed by atoms with Crippen LogP contribution in [0.1, 0.15) is 16.1 Å². The first-order chi connectivity index (χ1) is 12.7. The lowest BCUT2D eigenvalue weighted by Gasteiger charge is -2.14. The Morgan fingerprint density at radius 1 is 1.11 bits per heavy atom. The van der Waals surface area contributed by atoms with Crippen LogP contribution in [0.15, 0.2) is 52.9 Å². The van der Waals surface area contributed by atoms with E-state index in [2.05, 4.69) is 5.32 Å². The zero-order valence-electron chi connectivity index (χ0n) is 13.5. The predicted molar refractivity (Wildman–Crippen MR) is 91.6 cm³/mol. The summed E-state index contributed by atoms with van der Waals surface area (Å²) in [5.41, 5.74) is -1.13. The minimum Gasteiger partial charge on any atom is -0.450 e. The van der Waals surface area contributed by atoms with Crippen molar-refractivity contribution in [3.8, 4) is 0 Å². The number of esters is 1. The summed E-state index contributed by atoms with van der Waals surface area (Å²) in [6.07, 6.45) is -4.71. The third kappa shape index (κ3) is 4.40. The highest BCUT2D eigenvalue weighted by atomic mass is 35.5. The zero-order chi connectivity index (χ0) is 19.6. The minimum absolute atomic E-state index is 0.119. The normalized spacial score (nSPS) is 11.4. The number of nitrogens with one attached hydrogen (secondary N) is 1. The smallest absolute Gasteiger partial charge is 0.418 e. The van der Waals surface area contributed by atoms with Crippen LogP contribution in [-0.2, 0) is 15.7 Å². The topological polar surface area (TPSA) is 68.5 Å². The molecule has 3 aromatic rings. The largest absolute Gasteiger partial charge is 0.450 e. The Hall–Kier alpha value is -3.00. The molecule has 2 aromatic carbocycles. The number of amides is 1. The summed E-state index contributed by atoms with van der Waals surface area (Å²) in [7, 11) is 0. The van der Waals surface area contributed by atoms with Crippen LogP contribution in [0, 0.1) is 0 Å². The van der Waals surface area contributed by atoms with Gasteiger partial charge in [0.1, 0.15) is 5.58 Å². The molecule has 0 bridgehead atoms. The van der Waals surface area contributed by atoms with Gasteiger partial charge in [0.2, 0.25) is 5.76 Å². The Kier molecular flexibility index (Phi) is 5.09. The van der Waals surface area contributed by atoms with Crippen molar-refractivity contribution in [1.29, 1.82) is 0 Å². The molecule has 27 heavy (non-hydrogen) atoms. The molecule has 0 saturated heterocycles. The van der Waals surface area contributed by atoms with Crippen LogP contribution in [0.4, 0.5) is 18.9 Å². The number of para-hydroxylation sites is 1. The number of benzene rings is 2. The highest BCUT2D eigenvalue weighted by molar-refractivity contribution is 6.30. The second kappa shape index (κ2) is 7.32. The average Bonchev–Trinajstić information content (AvgIpc) is 3.04. The second-order valence-electron chi connectivity index (χ2n) is 5.46. The number of carbonyl (C=O) groups excluding carboxylic acids is 2. The molecule has 1 N–H and O–H groups in total. The SMILES string of the molecule is O=C(COC(=O)c1cc2ccccc2o1)Nc1ccc(Cl)cc1C(F)(F)F. The highest BCUT2D eigenvalue weighted by Crippen LogP contribution is 2.36. The van der Waals surface area contributed by atoms with Crippen molar-refractivity contribution in [3.05, 3.63) is 64.9 Å². The Morgan fingerprint density at radius 3 is 2.56 bits per heavy atom. The first kappa shape index (κ1) is 18.8.